The fraction of sp³-hybridized carbons (Fsp3) is 0.381. The Morgan fingerprint density at radius 3 is 2.63 bits per heavy atom. The third-order valence-corrected chi connectivity index (χ3v) is 6.46. The van der Waals surface area contributed by atoms with Gasteiger partial charge < -0.3 is 18.9 Å². The molecule has 0 saturated heterocycles. The Morgan fingerprint density at radius 1 is 1.04 bits per heavy atom. The number of carbonyl (C=O) groups is 1. The van der Waals surface area contributed by atoms with Gasteiger partial charge in [-0.05, 0) is 48.9 Å². The highest BCUT2D eigenvalue weighted by atomic mass is 16.7. The van der Waals surface area contributed by atoms with Gasteiger partial charge in [-0.3, -0.25) is 9.69 Å². The number of rotatable bonds is 0. The second kappa shape index (κ2) is 4.95. The number of fused-ring (bicyclic) bond motifs is 8. The predicted molar refractivity (Wildman–Crippen MR) is 95.4 cm³/mol. The van der Waals surface area contributed by atoms with Gasteiger partial charge in [0, 0.05) is 18.5 Å². The third kappa shape index (κ3) is 1.81. The molecule has 6 heteroatoms. The minimum Gasteiger partial charge on any atom is -0.454 e. The van der Waals surface area contributed by atoms with Crippen molar-refractivity contribution >= 4 is 5.78 Å². The van der Waals surface area contributed by atoms with Gasteiger partial charge in [-0.2, -0.15) is 0 Å². The van der Waals surface area contributed by atoms with Crippen molar-refractivity contribution in [3.8, 4) is 23.0 Å². The van der Waals surface area contributed by atoms with E-state index in [1.165, 1.54) is 0 Å². The molecule has 138 valence electrons. The zero-order valence-electron chi connectivity index (χ0n) is 15.2. The number of hydrogen-bond acceptors (Lipinski definition) is 6. The average molecular weight is 365 g/mol. The van der Waals surface area contributed by atoms with Crippen LogP contribution in [0, 0.1) is 0 Å². The maximum absolute atomic E-state index is 13.5. The van der Waals surface area contributed by atoms with Crippen LogP contribution in [-0.2, 0) is 23.2 Å². The first-order valence-corrected chi connectivity index (χ1v) is 9.15. The highest BCUT2D eigenvalue weighted by Gasteiger charge is 2.53. The predicted octanol–water partition coefficient (Wildman–Crippen LogP) is 2.71. The molecule has 2 aromatic carbocycles. The molecule has 0 N–H and O–H groups in total. The van der Waals surface area contributed by atoms with Crippen LogP contribution in [0.15, 0.2) is 24.3 Å². The van der Waals surface area contributed by atoms with Gasteiger partial charge in [-0.15, -0.1) is 0 Å². The van der Waals surface area contributed by atoms with E-state index in [-0.39, 0.29) is 25.4 Å². The lowest BCUT2D eigenvalue weighted by atomic mass is 9.61. The maximum Gasteiger partial charge on any atom is 0.231 e. The van der Waals surface area contributed by atoms with Crippen molar-refractivity contribution in [1.82, 2.24) is 4.90 Å². The summed E-state index contributed by atoms with van der Waals surface area (Å²) in [4.78, 5) is 15.7. The Kier molecular flexibility index (Phi) is 2.81. The SMILES string of the molecule is CN1Cc2c(ccc3c2OCO3)[C@@]2(C)C(=O)Cc3cc4c(cc3[C@@H]12)OCO4. The largest absolute Gasteiger partial charge is 0.454 e. The average Bonchev–Trinajstić information content (AvgIpc) is 3.29. The lowest BCUT2D eigenvalue weighted by Crippen LogP contribution is -2.53. The molecule has 27 heavy (non-hydrogen) atoms. The monoisotopic (exact) mass is 365 g/mol. The van der Waals surface area contributed by atoms with Crippen LogP contribution in [0.3, 0.4) is 0 Å². The fourth-order valence-electron chi connectivity index (χ4n) is 5.22. The topological polar surface area (TPSA) is 57.2 Å². The van der Waals surface area contributed by atoms with E-state index < -0.39 is 5.41 Å². The van der Waals surface area contributed by atoms with Gasteiger partial charge in [-0.25, -0.2) is 0 Å². The molecular formula is C21H19NO5. The molecule has 0 bridgehead atoms. The molecule has 0 saturated carbocycles. The minimum absolute atomic E-state index is 0.0591. The number of hydrogen-bond donors (Lipinski definition) is 0. The number of ether oxygens (including phenoxy) is 4. The van der Waals surface area contributed by atoms with Crippen molar-refractivity contribution in [2.45, 2.75) is 31.3 Å². The van der Waals surface area contributed by atoms with Crippen molar-refractivity contribution in [2.24, 2.45) is 0 Å². The maximum atomic E-state index is 13.5. The summed E-state index contributed by atoms with van der Waals surface area (Å²) in [6.07, 6.45) is 0.390. The first-order valence-electron chi connectivity index (χ1n) is 9.15. The number of nitrogens with zero attached hydrogens (tertiary/aromatic N) is 1. The first-order chi connectivity index (χ1) is 13.1. The van der Waals surface area contributed by atoms with E-state index in [2.05, 4.69) is 24.9 Å². The van der Waals surface area contributed by atoms with Crippen molar-refractivity contribution in [1.29, 1.82) is 0 Å². The number of carbonyl (C=O) groups excluding carboxylic acids is 1. The van der Waals surface area contributed by atoms with E-state index in [9.17, 15) is 4.79 Å². The molecule has 2 aromatic rings. The molecule has 0 unspecified atom stereocenters. The smallest absolute Gasteiger partial charge is 0.231 e. The Labute approximate surface area is 156 Å². The summed E-state index contributed by atoms with van der Waals surface area (Å²) in [5.41, 5.74) is 3.63. The highest BCUT2D eigenvalue weighted by molar-refractivity contribution is 5.96. The van der Waals surface area contributed by atoms with Crippen LogP contribution < -0.4 is 18.9 Å². The molecular weight excluding hydrogens is 346 g/mol. The molecule has 4 aliphatic rings. The van der Waals surface area contributed by atoms with E-state index in [1.807, 2.05) is 18.2 Å². The van der Waals surface area contributed by atoms with Gasteiger partial charge in [0.15, 0.2) is 23.0 Å². The number of benzene rings is 2. The van der Waals surface area contributed by atoms with Crippen molar-refractivity contribution in [3.05, 3.63) is 46.5 Å². The molecule has 0 fully saturated rings. The molecule has 3 aliphatic heterocycles. The number of likely N-dealkylation sites (N-methyl/N-ethyl adjacent to an activating group) is 1. The van der Waals surface area contributed by atoms with Crippen molar-refractivity contribution in [2.75, 3.05) is 20.6 Å². The lowest BCUT2D eigenvalue weighted by Gasteiger charge is -2.50. The van der Waals surface area contributed by atoms with E-state index in [0.717, 1.165) is 45.3 Å². The molecule has 3 heterocycles. The van der Waals surface area contributed by atoms with Crippen LogP contribution in [0.1, 0.15) is 35.2 Å². The summed E-state index contributed by atoms with van der Waals surface area (Å²) in [6.45, 7) is 3.22. The standard InChI is InChI=1S/C21H19NO5/c1-21-14-3-4-15-19(27-10-24-15)13(14)8-22(2)20(21)12-7-17-16(25-9-26-17)5-11(12)6-18(21)23/h3-5,7,20H,6,8-10H2,1-2H3/t20-,21+/m1/s1. The zero-order chi connectivity index (χ0) is 18.3. The van der Waals surface area contributed by atoms with Crippen LogP contribution in [0.2, 0.25) is 0 Å². The minimum atomic E-state index is -0.649. The summed E-state index contributed by atoms with van der Waals surface area (Å²) >= 11 is 0. The van der Waals surface area contributed by atoms with E-state index in [4.69, 9.17) is 18.9 Å². The first kappa shape index (κ1) is 15.3. The van der Waals surface area contributed by atoms with Gasteiger partial charge in [0.2, 0.25) is 13.6 Å². The van der Waals surface area contributed by atoms with Crippen LogP contribution in [0.5, 0.6) is 23.0 Å². The quantitative estimate of drug-likeness (QED) is 0.716. The van der Waals surface area contributed by atoms with Gasteiger partial charge in [0.05, 0.1) is 11.5 Å². The van der Waals surface area contributed by atoms with Gasteiger partial charge in [-0.1, -0.05) is 6.07 Å². The van der Waals surface area contributed by atoms with Crippen LogP contribution in [-0.4, -0.2) is 31.3 Å². The van der Waals surface area contributed by atoms with Crippen molar-refractivity contribution in [3.63, 3.8) is 0 Å². The lowest BCUT2D eigenvalue weighted by molar-refractivity contribution is -0.127. The van der Waals surface area contributed by atoms with Gasteiger partial charge in [0.1, 0.15) is 5.78 Å². The second-order valence-electron chi connectivity index (χ2n) is 7.85. The van der Waals surface area contributed by atoms with Crippen LogP contribution in [0.4, 0.5) is 0 Å². The van der Waals surface area contributed by atoms with Gasteiger partial charge >= 0.3 is 0 Å². The fourth-order valence-corrected chi connectivity index (χ4v) is 5.22. The highest BCUT2D eigenvalue weighted by Crippen LogP contribution is 2.55. The molecule has 1 aliphatic carbocycles. The van der Waals surface area contributed by atoms with Crippen LogP contribution in [0.25, 0.3) is 0 Å². The Balaban J connectivity index is 1.59. The summed E-state index contributed by atoms with van der Waals surface area (Å²) in [7, 11) is 2.06. The second-order valence-corrected chi connectivity index (χ2v) is 7.85. The number of Topliss-reactive ketones (excluding diaryl/α,β-unsaturated/α-hetero) is 1. The summed E-state index contributed by atoms with van der Waals surface area (Å²) in [5.74, 6) is 3.24. The zero-order valence-corrected chi connectivity index (χ0v) is 15.2. The van der Waals surface area contributed by atoms with Crippen molar-refractivity contribution < 1.29 is 23.7 Å². The summed E-state index contributed by atoms with van der Waals surface area (Å²) < 4.78 is 22.4. The molecule has 0 aromatic heterocycles. The Morgan fingerprint density at radius 2 is 1.78 bits per heavy atom. The molecule has 6 rings (SSSR count). The molecule has 6 nitrogen and oxygen atoms in total. The third-order valence-electron chi connectivity index (χ3n) is 6.46. The molecule has 2 atom stereocenters. The van der Waals surface area contributed by atoms with E-state index in [1.54, 1.807) is 0 Å². The Hall–Kier alpha value is -2.73. The van der Waals surface area contributed by atoms with E-state index >= 15 is 0 Å². The van der Waals surface area contributed by atoms with Gasteiger partial charge in [0.25, 0.3) is 0 Å². The normalized spacial score (nSPS) is 27.2. The molecule has 0 spiro atoms. The van der Waals surface area contributed by atoms with E-state index in [0.29, 0.717) is 13.0 Å². The number of ketones is 1. The Bertz CT molecular complexity index is 1020. The molecule has 0 amide bonds. The summed E-state index contributed by atoms with van der Waals surface area (Å²) in [5, 5.41) is 0. The van der Waals surface area contributed by atoms with Crippen LogP contribution >= 0.6 is 0 Å². The summed E-state index contributed by atoms with van der Waals surface area (Å²) in [6, 6.07) is 7.94. The molecule has 0 radical (unpaired) electrons.